The Morgan fingerprint density at radius 1 is 0.950 bits per heavy atom. The highest BCUT2D eigenvalue weighted by Crippen LogP contribution is 2.18. The number of nitrogens with one attached hydrogen (secondary N) is 1. The Morgan fingerprint density at radius 2 is 1.75 bits per heavy atom. The number of hydrogen-bond donors (Lipinski definition) is 1. The van der Waals surface area contributed by atoms with Gasteiger partial charge in [0.1, 0.15) is 0 Å². The van der Waals surface area contributed by atoms with Crippen LogP contribution >= 0.6 is 11.3 Å². The minimum atomic E-state index is 1.11. The van der Waals surface area contributed by atoms with E-state index >= 15 is 0 Å². The predicted octanol–water partition coefficient (Wildman–Crippen LogP) is 5.08. The van der Waals surface area contributed by atoms with Crippen LogP contribution in [0.2, 0.25) is 0 Å². The first-order valence-electron chi connectivity index (χ1n) is 6.56. The first-order chi connectivity index (χ1) is 9.72. The summed E-state index contributed by atoms with van der Waals surface area (Å²) in [5, 5.41) is 1.29. The molecule has 1 N–H and O–H groups in total. The van der Waals surface area contributed by atoms with E-state index in [1.165, 1.54) is 26.7 Å². The zero-order valence-electron chi connectivity index (χ0n) is 11.6. The molecule has 3 heteroatoms. The van der Waals surface area contributed by atoms with Crippen LogP contribution in [0.25, 0.3) is 21.1 Å². The normalized spacial score (nSPS) is 10.5. The maximum Gasteiger partial charge on any atom is 0.0812 e. The molecule has 0 atom stereocenters. The number of aryl methyl sites for hydroxylation is 2. The summed E-state index contributed by atoms with van der Waals surface area (Å²) in [5.74, 6) is 0. The highest BCUT2D eigenvalue weighted by atomic mass is 32.1. The van der Waals surface area contributed by atoms with E-state index in [0.29, 0.717) is 0 Å². The third-order valence-corrected chi connectivity index (χ3v) is 3.99. The van der Waals surface area contributed by atoms with Gasteiger partial charge in [-0.15, -0.1) is 11.3 Å². The third-order valence-electron chi connectivity index (χ3n) is 3.20. The molecule has 2 heterocycles. The maximum absolute atomic E-state index is 4.18. The molecule has 0 aliphatic rings. The van der Waals surface area contributed by atoms with Crippen LogP contribution in [0.4, 0.5) is 0 Å². The number of hydrogen-bond acceptors (Lipinski definition) is 2. The molecule has 4 rings (SSSR count). The van der Waals surface area contributed by atoms with Gasteiger partial charge in [-0.1, -0.05) is 17.7 Å². The number of nitrogens with zero attached hydrogens (tertiary/aromatic N) is 1. The number of fused-ring (bicyclic) bond motifs is 2. The van der Waals surface area contributed by atoms with Crippen molar-refractivity contribution in [1.29, 1.82) is 0 Å². The van der Waals surface area contributed by atoms with E-state index in [1.54, 1.807) is 11.3 Å². The predicted molar refractivity (Wildman–Crippen MR) is 87.4 cm³/mol. The molecule has 0 aliphatic heterocycles. The van der Waals surface area contributed by atoms with Gasteiger partial charge in [0.25, 0.3) is 0 Å². The standard InChI is InChI=1S/C9H9N.C8H7NS/c1-7-2-3-9-8(6-7)4-5-10-9;1-6-2-3-7-8(4-6)10-5-9-7/h2-6,10H,1H3;2-5H,1H3. The lowest BCUT2D eigenvalue weighted by atomic mass is 10.2. The van der Waals surface area contributed by atoms with E-state index in [1.807, 2.05) is 11.7 Å². The van der Waals surface area contributed by atoms with Crippen LogP contribution in [0.5, 0.6) is 0 Å². The Labute approximate surface area is 122 Å². The Bertz CT molecular complexity index is 770. The van der Waals surface area contributed by atoms with Gasteiger partial charge in [0.2, 0.25) is 0 Å². The first-order valence-corrected chi connectivity index (χ1v) is 7.44. The second-order valence-electron chi connectivity index (χ2n) is 4.89. The highest BCUT2D eigenvalue weighted by Gasteiger charge is 1.93. The summed E-state index contributed by atoms with van der Waals surface area (Å²) in [5.41, 5.74) is 6.81. The molecule has 2 aromatic heterocycles. The lowest BCUT2D eigenvalue weighted by Gasteiger charge is -1.90. The minimum Gasteiger partial charge on any atom is -0.361 e. The molecule has 0 fully saturated rings. The Balaban J connectivity index is 0.000000121. The fourth-order valence-corrected chi connectivity index (χ4v) is 2.91. The van der Waals surface area contributed by atoms with E-state index in [4.69, 9.17) is 0 Å². The van der Waals surface area contributed by atoms with Gasteiger partial charge in [-0.05, 0) is 55.1 Å². The molecule has 0 aliphatic carbocycles. The molecular weight excluding hydrogens is 264 g/mol. The lowest BCUT2D eigenvalue weighted by molar-refractivity contribution is 1.46. The highest BCUT2D eigenvalue weighted by molar-refractivity contribution is 7.16. The van der Waals surface area contributed by atoms with Gasteiger partial charge in [-0.3, -0.25) is 0 Å². The fraction of sp³-hybridized carbons (Fsp3) is 0.118. The molecule has 0 spiro atoms. The molecule has 4 aromatic rings. The van der Waals surface area contributed by atoms with Crippen LogP contribution in [-0.2, 0) is 0 Å². The van der Waals surface area contributed by atoms with Crippen molar-refractivity contribution in [2.24, 2.45) is 0 Å². The topological polar surface area (TPSA) is 28.7 Å². The van der Waals surface area contributed by atoms with Crippen molar-refractivity contribution < 1.29 is 0 Å². The Kier molecular flexibility index (Phi) is 3.52. The van der Waals surface area contributed by atoms with Crippen LogP contribution in [0.3, 0.4) is 0 Å². The zero-order valence-corrected chi connectivity index (χ0v) is 12.4. The van der Waals surface area contributed by atoms with Crippen LogP contribution < -0.4 is 0 Å². The summed E-state index contributed by atoms with van der Waals surface area (Å²) >= 11 is 1.69. The number of thiazole rings is 1. The van der Waals surface area contributed by atoms with Gasteiger partial charge < -0.3 is 4.98 Å². The van der Waals surface area contributed by atoms with E-state index in [2.05, 4.69) is 66.3 Å². The summed E-state index contributed by atoms with van der Waals surface area (Å²) in [7, 11) is 0. The van der Waals surface area contributed by atoms with E-state index in [9.17, 15) is 0 Å². The molecule has 0 bridgehead atoms. The largest absolute Gasteiger partial charge is 0.361 e. The molecule has 2 nitrogen and oxygen atoms in total. The SMILES string of the molecule is Cc1ccc2[nH]ccc2c1.Cc1ccc2ncsc2c1. The fourth-order valence-electron chi connectivity index (χ4n) is 2.14. The Hall–Kier alpha value is -2.13. The number of rotatable bonds is 0. The summed E-state index contributed by atoms with van der Waals surface area (Å²) in [6.07, 6.45) is 1.96. The van der Waals surface area contributed by atoms with Crippen LogP contribution in [0, 0.1) is 13.8 Å². The average Bonchev–Trinajstić information content (AvgIpc) is 3.06. The quantitative estimate of drug-likeness (QED) is 0.478. The van der Waals surface area contributed by atoms with E-state index in [0.717, 1.165) is 5.52 Å². The van der Waals surface area contributed by atoms with Crippen molar-refractivity contribution in [1.82, 2.24) is 9.97 Å². The van der Waals surface area contributed by atoms with Gasteiger partial charge in [-0.2, -0.15) is 0 Å². The summed E-state index contributed by atoms with van der Waals surface area (Å²) in [6, 6.07) is 14.8. The summed E-state index contributed by atoms with van der Waals surface area (Å²) in [4.78, 5) is 7.33. The summed E-state index contributed by atoms with van der Waals surface area (Å²) in [6.45, 7) is 4.20. The van der Waals surface area contributed by atoms with Gasteiger partial charge in [0.05, 0.1) is 15.7 Å². The zero-order chi connectivity index (χ0) is 13.9. The average molecular weight is 280 g/mol. The van der Waals surface area contributed by atoms with Gasteiger partial charge in [-0.25, -0.2) is 4.98 Å². The van der Waals surface area contributed by atoms with Crippen molar-refractivity contribution in [2.75, 3.05) is 0 Å². The molecule has 20 heavy (non-hydrogen) atoms. The second-order valence-corrected chi connectivity index (χ2v) is 5.78. The molecule has 2 aromatic carbocycles. The first kappa shape index (κ1) is 12.9. The van der Waals surface area contributed by atoms with Crippen LogP contribution in [-0.4, -0.2) is 9.97 Å². The van der Waals surface area contributed by atoms with Gasteiger partial charge in [0, 0.05) is 11.7 Å². The minimum absolute atomic E-state index is 1.11. The molecular formula is C17H16N2S. The number of benzene rings is 2. The van der Waals surface area contributed by atoms with E-state index in [-0.39, 0.29) is 0 Å². The smallest absolute Gasteiger partial charge is 0.0812 e. The van der Waals surface area contributed by atoms with Crippen molar-refractivity contribution >= 4 is 32.5 Å². The van der Waals surface area contributed by atoms with Crippen LogP contribution in [0.15, 0.2) is 54.2 Å². The van der Waals surface area contributed by atoms with Crippen LogP contribution in [0.1, 0.15) is 11.1 Å². The molecule has 100 valence electrons. The second kappa shape index (κ2) is 5.47. The van der Waals surface area contributed by atoms with Gasteiger partial charge in [0.15, 0.2) is 0 Å². The maximum atomic E-state index is 4.18. The molecule has 0 saturated carbocycles. The molecule has 0 amide bonds. The third kappa shape index (κ3) is 2.73. The van der Waals surface area contributed by atoms with Crippen molar-refractivity contribution in [3.05, 3.63) is 65.3 Å². The molecule has 0 unspecified atom stereocenters. The number of H-pyrrole nitrogens is 1. The molecule has 0 radical (unpaired) electrons. The van der Waals surface area contributed by atoms with Crippen molar-refractivity contribution in [3.63, 3.8) is 0 Å². The number of aromatic nitrogens is 2. The monoisotopic (exact) mass is 280 g/mol. The lowest BCUT2D eigenvalue weighted by Crippen LogP contribution is -1.69. The van der Waals surface area contributed by atoms with Crippen molar-refractivity contribution in [2.45, 2.75) is 13.8 Å². The van der Waals surface area contributed by atoms with Gasteiger partial charge >= 0.3 is 0 Å². The summed E-state index contributed by atoms with van der Waals surface area (Å²) < 4.78 is 1.28. The Morgan fingerprint density at radius 3 is 2.65 bits per heavy atom. The van der Waals surface area contributed by atoms with E-state index < -0.39 is 0 Å². The number of aromatic amines is 1. The molecule has 0 saturated heterocycles. The van der Waals surface area contributed by atoms with Crippen molar-refractivity contribution in [3.8, 4) is 0 Å².